The van der Waals surface area contributed by atoms with E-state index in [4.69, 9.17) is 0 Å². The summed E-state index contributed by atoms with van der Waals surface area (Å²) in [6.07, 6.45) is -12.8. The second-order valence-electron chi connectivity index (χ2n) is 4.35. The van der Waals surface area contributed by atoms with Crippen LogP contribution in [0.3, 0.4) is 0 Å². The van der Waals surface area contributed by atoms with Crippen LogP contribution in [-0.4, -0.2) is 32.6 Å². The summed E-state index contributed by atoms with van der Waals surface area (Å²) in [5.41, 5.74) is 0. The predicted molar refractivity (Wildman–Crippen MR) is 50.1 cm³/mol. The van der Waals surface area contributed by atoms with Gasteiger partial charge in [0.05, 0.1) is 0 Å². The third-order valence-electron chi connectivity index (χ3n) is 2.06. The van der Waals surface area contributed by atoms with Gasteiger partial charge in [-0.1, -0.05) is 0 Å². The zero-order chi connectivity index (χ0) is 15.7. The first-order chi connectivity index (χ1) is 8.08. The van der Waals surface area contributed by atoms with Gasteiger partial charge in [0, 0.05) is 6.42 Å². The van der Waals surface area contributed by atoms with Crippen LogP contribution in [0.15, 0.2) is 0 Å². The van der Waals surface area contributed by atoms with Crippen LogP contribution in [0.2, 0.25) is 19.1 Å². The normalized spacial score (nSPS) is 14.4. The average Bonchev–Trinajstić information content (AvgIpc) is 2.11. The van der Waals surface area contributed by atoms with Gasteiger partial charge < -0.3 is 4.43 Å². The van der Waals surface area contributed by atoms with E-state index in [1.807, 2.05) is 0 Å². The second kappa shape index (κ2) is 5.25. The molecule has 19 heavy (non-hydrogen) atoms. The SMILES string of the molecule is C[Si](C)(CCC(F)(F)C(F)(F)F)OC(=O)C(F)(F)F. The van der Waals surface area contributed by atoms with Gasteiger partial charge in [0.15, 0.2) is 0 Å². The van der Waals surface area contributed by atoms with E-state index in [0.29, 0.717) is 0 Å². The molecule has 2 nitrogen and oxygen atoms in total. The van der Waals surface area contributed by atoms with Gasteiger partial charge in [-0.3, -0.25) is 0 Å². The third-order valence-corrected chi connectivity index (χ3v) is 4.25. The van der Waals surface area contributed by atoms with Crippen molar-refractivity contribution in [3.8, 4) is 0 Å². The van der Waals surface area contributed by atoms with Crippen molar-refractivity contribution < 1.29 is 44.3 Å². The molecule has 0 aromatic carbocycles. The summed E-state index contributed by atoms with van der Waals surface area (Å²) in [7, 11) is -3.61. The summed E-state index contributed by atoms with van der Waals surface area (Å²) >= 11 is 0. The number of hydrogen-bond donors (Lipinski definition) is 0. The quantitative estimate of drug-likeness (QED) is 0.581. The van der Waals surface area contributed by atoms with E-state index in [9.17, 15) is 39.9 Å². The molecule has 0 saturated carbocycles. The van der Waals surface area contributed by atoms with Gasteiger partial charge in [0.1, 0.15) is 0 Å². The van der Waals surface area contributed by atoms with Crippen molar-refractivity contribution >= 4 is 14.3 Å². The maximum Gasteiger partial charge on any atom is 0.489 e. The molecule has 0 saturated heterocycles. The van der Waals surface area contributed by atoms with Crippen LogP contribution >= 0.6 is 0 Å². The van der Waals surface area contributed by atoms with E-state index in [1.165, 1.54) is 0 Å². The number of carbonyl (C=O) groups is 1. The zero-order valence-corrected chi connectivity index (χ0v) is 10.8. The van der Waals surface area contributed by atoms with Gasteiger partial charge in [-0.05, 0) is 19.1 Å². The van der Waals surface area contributed by atoms with Gasteiger partial charge in [0.25, 0.3) is 0 Å². The highest BCUT2D eigenvalue weighted by atomic mass is 28.4. The summed E-state index contributed by atoms with van der Waals surface area (Å²) in [6, 6.07) is -0.943. The molecule has 0 spiro atoms. The standard InChI is InChI=1S/C8H10F8O2Si/c1-19(2,18-5(17)7(11,12)13)4-3-6(9,10)8(14,15)16/h3-4H2,1-2H3. The van der Waals surface area contributed by atoms with E-state index >= 15 is 0 Å². The van der Waals surface area contributed by atoms with Crippen LogP contribution < -0.4 is 0 Å². The minimum atomic E-state index is -5.79. The van der Waals surface area contributed by atoms with Crippen molar-refractivity contribution in [2.45, 2.75) is 43.8 Å². The molecule has 0 N–H and O–H groups in total. The van der Waals surface area contributed by atoms with E-state index in [2.05, 4.69) is 4.43 Å². The monoisotopic (exact) mass is 318 g/mol. The van der Waals surface area contributed by atoms with Crippen molar-refractivity contribution in [1.82, 2.24) is 0 Å². The maximum absolute atomic E-state index is 12.6. The molecular weight excluding hydrogens is 308 g/mol. The smallest absolute Gasteiger partial charge is 0.489 e. The Kier molecular flexibility index (Phi) is 5.01. The van der Waals surface area contributed by atoms with E-state index < -0.39 is 45.0 Å². The van der Waals surface area contributed by atoms with Crippen LogP contribution in [-0.2, 0) is 9.22 Å². The lowest BCUT2D eigenvalue weighted by atomic mass is 10.2. The Labute approximate surface area is 103 Å². The molecule has 0 fully saturated rings. The molecule has 11 heteroatoms. The van der Waals surface area contributed by atoms with Crippen molar-refractivity contribution in [2.24, 2.45) is 0 Å². The molecule has 0 rings (SSSR count). The number of hydrogen-bond acceptors (Lipinski definition) is 2. The molecular formula is C8H10F8O2Si. The highest BCUT2D eigenvalue weighted by Gasteiger charge is 2.57. The molecule has 0 atom stereocenters. The minimum absolute atomic E-state index is 0.943. The van der Waals surface area contributed by atoms with Crippen LogP contribution in [0.4, 0.5) is 35.1 Å². The lowest BCUT2D eigenvalue weighted by Crippen LogP contribution is -2.43. The minimum Gasteiger partial charge on any atom is -0.513 e. The first kappa shape index (κ1) is 18.1. The second-order valence-corrected chi connectivity index (χ2v) is 8.57. The number of carbonyl (C=O) groups excluding carboxylic acids is 1. The average molecular weight is 318 g/mol. The fraction of sp³-hybridized carbons (Fsp3) is 0.875. The van der Waals surface area contributed by atoms with Crippen LogP contribution in [0.5, 0.6) is 0 Å². The zero-order valence-electron chi connectivity index (χ0n) is 9.75. The Morgan fingerprint density at radius 3 is 1.74 bits per heavy atom. The van der Waals surface area contributed by atoms with Crippen molar-refractivity contribution in [3.05, 3.63) is 0 Å². The van der Waals surface area contributed by atoms with E-state index in [1.54, 1.807) is 0 Å². The Hall–Kier alpha value is -0.873. The van der Waals surface area contributed by atoms with Crippen LogP contribution in [0.25, 0.3) is 0 Å². The topological polar surface area (TPSA) is 26.3 Å². The number of halogens is 8. The molecule has 0 aromatic rings. The van der Waals surface area contributed by atoms with Gasteiger partial charge >= 0.3 is 24.2 Å². The van der Waals surface area contributed by atoms with E-state index in [-0.39, 0.29) is 0 Å². The number of rotatable bonds is 4. The summed E-state index contributed by atoms with van der Waals surface area (Å²) < 4.78 is 100. The fourth-order valence-corrected chi connectivity index (χ4v) is 2.60. The molecule has 0 aliphatic heterocycles. The highest BCUT2D eigenvalue weighted by molar-refractivity contribution is 6.72. The molecule has 0 amide bonds. The molecule has 0 aliphatic carbocycles. The highest BCUT2D eigenvalue weighted by Crippen LogP contribution is 2.40. The molecule has 114 valence electrons. The Bertz CT molecular complexity index is 333. The molecule has 0 heterocycles. The summed E-state index contributed by atoms with van der Waals surface area (Å²) in [5.74, 6) is -7.61. The Morgan fingerprint density at radius 1 is 1.00 bits per heavy atom. The third kappa shape index (κ3) is 5.74. The predicted octanol–water partition coefficient (Wildman–Crippen LogP) is 3.88. The maximum atomic E-state index is 12.6. The first-order valence-corrected chi connectivity index (χ1v) is 7.95. The summed E-state index contributed by atoms with van der Waals surface area (Å²) in [5, 5.41) is 0. The fourth-order valence-electron chi connectivity index (χ4n) is 0.960. The van der Waals surface area contributed by atoms with Crippen molar-refractivity contribution in [2.75, 3.05) is 0 Å². The van der Waals surface area contributed by atoms with Gasteiger partial charge in [0.2, 0.25) is 8.32 Å². The van der Waals surface area contributed by atoms with Crippen LogP contribution in [0, 0.1) is 0 Å². The largest absolute Gasteiger partial charge is 0.513 e. The Morgan fingerprint density at radius 2 is 1.42 bits per heavy atom. The Balaban J connectivity index is 4.61. The van der Waals surface area contributed by atoms with Gasteiger partial charge in [-0.15, -0.1) is 0 Å². The van der Waals surface area contributed by atoms with Gasteiger partial charge in [-0.25, -0.2) is 4.79 Å². The molecule has 0 bridgehead atoms. The molecule has 0 aliphatic rings. The summed E-state index contributed by atoms with van der Waals surface area (Å²) in [6.45, 7) is 1.90. The lowest BCUT2D eigenvalue weighted by molar-refractivity contribution is -0.282. The van der Waals surface area contributed by atoms with Crippen molar-refractivity contribution in [3.63, 3.8) is 0 Å². The molecule has 0 radical (unpaired) electrons. The number of alkyl halides is 8. The van der Waals surface area contributed by atoms with Crippen molar-refractivity contribution in [1.29, 1.82) is 0 Å². The van der Waals surface area contributed by atoms with Crippen LogP contribution in [0.1, 0.15) is 6.42 Å². The first-order valence-electron chi connectivity index (χ1n) is 4.83. The molecule has 0 unspecified atom stereocenters. The molecule has 0 aromatic heterocycles. The lowest BCUT2D eigenvalue weighted by Gasteiger charge is -2.26. The van der Waals surface area contributed by atoms with E-state index in [0.717, 1.165) is 13.1 Å². The van der Waals surface area contributed by atoms with Gasteiger partial charge in [-0.2, -0.15) is 35.1 Å². The summed E-state index contributed by atoms with van der Waals surface area (Å²) in [4.78, 5) is 10.5.